The number of esters is 4. The van der Waals surface area contributed by atoms with Crippen molar-refractivity contribution in [2.75, 3.05) is 57.8 Å². The number of fused-ring (bicyclic) bond motifs is 1. The first-order valence-corrected chi connectivity index (χ1v) is 36.2. The number of hydrazone groups is 1. The van der Waals surface area contributed by atoms with Gasteiger partial charge in [0, 0.05) is 24.3 Å². The summed E-state index contributed by atoms with van der Waals surface area (Å²) in [6, 6.07) is 47.6. The number of ether oxygens (including phenoxy) is 6. The Hall–Kier alpha value is -8.92. The van der Waals surface area contributed by atoms with Gasteiger partial charge < -0.3 is 38.2 Å². The fourth-order valence-electron chi connectivity index (χ4n) is 12.3. The van der Waals surface area contributed by atoms with Crippen LogP contribution in [0.4, 0.5) is 5.13 Å². The van der Waals surface area contributed by atoms with Gasteiger partial charge in [0.1, 0.15) is 29.3 Å². The van der Waals surface area contributed by atoms with Crippen LogP contribution in [-0.2, 0) is 48.1 Å². The van der Waals surface area contributed by atoms with Crippen molar-refractivity contribution in [3.8, 4) is 28.7 Å². The zero-order valence-corrected chi connectivity index (χ0v) is 58.0. The summed E-state index contributed by atoms with van der Waals surface area (Å²) in [6.45, 7) is 10.3. The summed E-state index contributed by atoms with van der Waals surface area (Å²) in [5.41, 5.74) is 4.01. The third-order valence-electron chi connectivity index (χ3n) is 18.0. The van der Waals surface area contributed by atoms with Gasteiger partial charge in [-0.1, -0.05) is 110 Å². The summed E-state index contributed by atoms with van der Waals surface area (Å²) in [7, 11) is 0. The highest BCUT2D eigenvalue weighted by Gasteiger charge is 2.32. The Balaban J connectivity index is 0.784. The number of hydrogen-bond donors (Lipinski definition) is 1. The van der Waals surface area contributed by atoms with Gasteiger partial charge in [0.2, 0.25) is 5.13 Å². The van der Waals surface area contributed by atoms with Crippen LogP contribution in [0.2, 0.25) is 0 Å². The third kappa shape index (κ3) is 25.1. The number of hydrogen-bond acceptors (Lipinski definition) is 20. The van der Waals surface area contributed by atoms with Gasteiger partial charge in [0.15, 0.2) is 11.5 Å². The molecule has 1 atom stereocenters. The first kappa shape index (κ1) is 75.3. The van der Waals surface area contributed by atoms with Crippen LogP contribution in [0.15, 0.2) is 182 Å². The van der Waals surface area contributed by atoms with Crippen molar-refractivity contribution in [2.24, 2.45) is 28.8 Å². The molecule has 100 heavy (non-hydrogen) atoms. The van der Waals surface area contributed by atoms with Crippen LogP contribution in [0, 0.1) is 23.7 Å². The molecule has 0 spiro atoms. The first-order valence-electron chi connectivity index (χ1n) is 35.4. The molecule has 2 saturated carbocycles. The van der Waals surface area contributed by atoms with E-state index in [1.807, 2.05) is 132 Å². The van der Waals surface area contributed by atoms with Gasteiger partial charge in [-0.15, -0.1) is 0 Å². The lowest BCUT2D eigenvalue weighted by Crippen LogP contribution is -2.27. The minimum atomic E-state index is -0.645. The molecule has 0 amide bonds. The van der Waals surface area contributed by atoms with Crippen molar-refractivity contribution in [1.82, 2.24) is 4.98 Å². The van der Waals surface area contributed by atoms with Gasteiger partial charge in [0.05, 0.1) is 68.6 Å². The van der Waals surface area contributed by atoms with Crippen LogP contribution in [0.3, 0.4) is 0 Å². The lowest BCUT2D eigenvalue weighted by atomic mass is 9.78. The highest BCUT2D eigenvalue weighted by Crippen LogP contribution is 2.41. The van der Waals surface area contributed by atoms with E-state index in [1.165, 1.54) is 12.2 Å². The van der Waals surface area contributed by atoms with E-state index < -0.39 is 24.0 Å². The molecule has 1 N–H and O–H groups in total. The lowest BCUT2D eigenvalue weighted by molar-refractivity contribution is -0.296. The molecule has 2 aliphatic rings. The van der Waals surface area contributed by atoms with E-state index in [0.29, 0.717) is 101 Å². The van der Waals surface area contributed by atoms with E-state index in [0.717, 1.165) is 147 Å². The van der Waals surface area contributed by atoms with Crippen LogP contribution in [0.25, 0.3) is 10.2 Å². The summed E-state index contributed by atoms with van der Waals surface area (Å²) in [5, 5.41) is 18.4. The summed E-state index contributed by atoms with van der Waals surface area (Å²) in [4.78, 5) is 83.5. The SMILES string of the molecule is C=CC(=O)OCCCCCCOc1ccc(OOCC2CCC(C(OO)c3ccc(OOCC4CCC(C(=O)Oc5ccc(OCCCCCCOC(=O)C=C)cc5)CC4)c(/C=N/N(CCCCCCOC(=O)C(c4ccccc4)c4ccccc4)c4nc5ccccc5s4)c3)CC2)cc1. The molecule has 19 nitrogen and oxygen atoms in total. The molecule has 6 aromatic carbocycles. The Bertz CT molecular complexity index is 3540. The molecule has 0 bridgehead atoms. The van der Waals surface area contributed by atoms with Gasteiger partial charge in [-0.25, -0.2) is 24.5 Å². The van der Waals surface area contributed by atoms with Gasteiger partial charge in [-0.2, -0.15) is 14.9 Å². The zero-order valence-electron chi connectivity index (χ0n) is 57.2. The Kier molecular flexibility index (Phi) is 31.8. The molecule has 2 fully saturated rings. The maximum atomic E-state index is 13.6. The number of unbranched alkanes of at least 4 members (excludes halogenated alkanes) is 9. The summed E-state index contributed by atoms with van der Waals surface area (Å²) >= 11 is 1.56. The largest absolute Gasteiger partial charge is 0.494 e. The van der Waals surface area contributed by atoms with Gasteiger partial charge in [-0.3, -0.25) is 14.8 Å². The highest BCUT2D eigenvalue weighted by molar-refractivity contribution is 7.22. The van der Waals surface area contributed by atoms with E-state index >= 15 is 0 Å². The summed E-state index contributed by atoms with van der Waals surface area (Å²) < 4.78 is 34.6. The molecule has 0 aliphatic heterocycles. The number of para-hydroxylation sites is 1. The lowest BCUT2D eigenvalue weighted by Gasteiger charge is -2.32. The standard InChI is InChI=1S/C80H95N3O16S/c1-3-74(84)91-52-22-9-7-20-50-89-67-40-44-69(45-41-67)96-78(86)64-37-33-60(34-38-64)58-95-99-72-48-39-65(77(97-88)63-35-31-59(32-36-63)57-94-98-70-46-42-68(43-47-70)90-51-21-8-10-23-53-92-75(85)4-2)55-66(72)56-81-83(80-82-71-29-17-18-30-73(71)100-80)49-19-5-6-24-54-93-79(87)76(61-25-13-11-14-26-61)62-27-15-12-16-28-62/h3-4,11-18,25-30,39-48,55-56,59-60,63-64,76-77,88H,1-2,5-10,19-24,31-38,49-54,57-58H2/b81-56+. The summed E-state index contributed by atoms with van der Waals surface area (Å²) in [5.74, 6) is 1.20. The van der Waals surface area contributed by atoms with Crippen molar-refractivity contribution >= 4 is 56.8 Å². The molecule has 1 aromatic heterocycles. The molecule has 1 unspecified atom stereocenters. The fourth-order valence-corrected chi connectivity index (χ4v) is 13.3. The second kappa shape index (κ2) is 42.2. The number of aromatic nitrogens is 1. The third-order valence-corrected chi connectivity index (χ3v) is 19.1. The molecule has 0 radical (unpaired) electrons. The minimum Gasteiger partial charge on any atom is -0.494 e. The van der Waals surface area contributed by atoms with Gasteiger partial charge >= 0.3 is 23.9 Å². The normalized spacial score (nSPS) is 16.3. The van der Waals surface area contributed by atoms with Crippen LogP contribution in [0.1, 0.15) is 163 Å². The average Bonchev–Trinajstić information content (AvgIpc) is 1.25. The van der Waals surface area contributed by atoms with Crippen molar-refractivity contribution < 1.29 is 77.3 Å². The van der Waals surface area contributed by atoms with Crippen molar-refractivity contribution in [3.63, 3.8) is 0 Å². The first-order chi connectivity index (χ1) is 49.1. The second-order valence-electron chi connectivity index (χ2n) is 25.4. The maximum absolute atomic E-state index is 13.6. The molecule has 1 heterocycles. The molecular formula is C80H95N3O16S. The van der Waals surface area contributed by atoms with Crippen LogP contribution in [0.5, 0.6) is 28.7 Å². The topological polar surface area (TPSA) is 219 Å². The number of anilines is 1. The van der Waals surface area contributed by atoms with Crippen LogP contribution < -0.4 is 29.0 Å². The van der Waals surface area contributed by atoms with E-state index in [1.54, 1.807) is 41.8 Å². The molecular weight excluding hydrogens is 1290 g/mol. The fraction of sp³-hybridized carbons (Fsp3) is 0.425. The van der Waals surface area contributed by atoms with Gasteiger partial charge in [-0.05, 0) is 229 Å². The van der Waals surface area contributed by atoms with E-state index in [4.69, 9.17) is 62.9 Å². The number of carbonyl (C=O) groups excluding carboxylic acids is 4. The minimum absolute atomic E-state index is 0.00377. The highest BCUT2D eigenvalue weighted by atomic mass is 32.1. The van der Waals surface area contributed by atoms with Crippen molar-refractivity contribution in [2.45, 2.75) is 140 Å². The molecule has 0 saturated heterocycles. The van der Waals surface area contributed by atoms with Crippen molar-refractivity contribution in [3.05, 3.63) is 199 Å². The molecule has 532 valence electrons. The van der Waals surface area contributed by atoms with E-state index in [2.05, 4.69) is 13.2 Å². The monoisotopic (exact) mass is 1390 g/mol. The molecule has 2 aliphatic carbocycles. The second-order valence-corrected chi connectivity index (χ2v) is 26.4. The quantitative estimate of drug-likeness (QED) is 0.00548. The number of benzene rings is 6. The van der Waals surface area contributed by atoms with E-state index in [-0.39, 0.29) is 35.6 Å². The van der Waals surface area contributed by atoms with E-state index in [9.17, 15) is 24.4 Å². The van der Waals surface area contributed by atoms with Crippen LogP contribution in [-0.4, -0.2) is 93.1 Å². The molecule has 7 aromatic rings. The Morgan fingerprint density at radius 3 is 1.62 bits per heavy atom. The number of rotatable bonds is 44. The van der Waals surface area contributed by atoms with Crippen molar-refractivity contribution in [1.29, 1.82) is 0 Å². The predicted octanol–water partition coefficient (Wildman–Crippen LogP) is 17.5. The average molecular weight is 1390 g/mol. The van der Waals surface area contributed by atoms with Gasteiger partial charge in [0.25, 0.3) is 0 Å². The Labute approximate surface area is 591 Å². The Morgan fingerprint density at radius 2 is 1.05 bits per heavy atom. The Morgan fingerprint density at radius 1 is 0.540 bits per heavy atom. The number of carbonyl (C=O) groups is 4. The number of thiazole rings is 1. The number of nitrogens with zero attached hydrogens (tertiary/aromatic N) is 3. The zero-order chi connectivity index (χ0) is 69.8. The van der Waals surface area contributed by atoms with Crippen LogP contribution >= 0.6 is 11.3 Å². The molecule has 9 rings (SSSR count). The predicted molar refractivity (Wildman–Crippen MR) is 384 cm³/mol. The smallest absolute Gasteiger partial charge is 0.330 e. The summed E-state index contributed by atoms with van der Waals surface area (Å²) in [6.07, 6.45) is 19.8. The molecule has 20 heteroatoms. The maximum Gasteiger partial charge on any atom is 0.330 e.